The number of nitrogens with zero attached hydrogens (tertiary/aromatic N) is 2. The second-order valence-corrected chi connectivity index (χ2v) is 3.22. The van der Waals surface area contributed by atoms with Crippen molar-refractivity contribution in [3.8, 4) is 5.88 Å². The SMILES string of the molecule is CCC(C)Oc1cncc(CNC)n1. The van der Waals surface area contributed by atoms with Crippen LogP contribution in [0.15, 0.2) is 12.4 Å². The second-order valence-electron chi connectivity index (χ2n) is 3.22. The molecule has 1 N–H and O–H groups in total. The van der Waals surface area contributed by atoms with Gasteiger partial charge in [0, 0.05) is 12.7 Å². The van der Waals surface area contributed by atoms with Gasteiger partial charge >= 0.3 is 0 Å². The second kappa shape index (κ2) is 5.54. The van der Waals surface area contributed by atoms with Gasteiger partial charge in [0.15, 0.2) is 0 Å². The van der Waals surface area contributed by atoms with E-state index in [1.54, 1.807) is 12.4 Å². The Balaban J connectivity index is 2.63. The highest BCUT2D eigenvalue weighted by Crippen LogP contribution is 2.08. The van der Waals surface area contributed by atoms with Gasteiger partial charge in [0.1, 0.15) is 0 Å². The number of rotatable bonds is 5. The van der Waals surface area contributed by atoms with Crippen LogP contribution in [0.5, 0.6) is 5.88 Å². The first-order valence-corrected chi connectivity index (χ1v) is 4.88. The molecule has 0 radical (unpaired) electrons. The summed E-state index contributed by atoms with van der Waals surface area (Å²) in [5.74, 6) is 0.604. The standard InChI is InChI=1S/C10H17N3O/c1-4-8(2)14-10-7-12-6-9(13-10)5-11-3/h6-8,11H,4-5H2,1-3H3. The van der Waals surface area contributed by atoms with Crippen LogP contribution >= 0.6 is 0 Å². The third-order valence-corrected chi connectivity index (χ3v) is 1.92. The molecule has 0 aliphatic rings. The fraction of sp³-hybridized carbons (Fsp3) is 0.600. The lowest BCUT2D eigenvalue weighted by Gasteiger charge is -2.11. The Morgan fingerprint density at radius 1 is 1.50 bits per heavy atom. The summed E-state index contributed by atoms with van der Waals surface area (Å²) in [4.78, 5) is 8.37. The van der Waals surface area contributed by atoms with E-state index in [0.717, 1.165) is 12.1 Å². The molecule has 4 nitrogen and oxygen atoms in total. The van der Waals surface area contributed by atoms with E-state index in [2.05, 4.69) is 22.2 Å². The van der Waals surface area contributed by atoms with Gasteiger partial charge in [0.05, 0.1) is 18.0 Å². The molecule has 1 aromatic heterocycles. The first kappa shape index (κ1) is 10.9. The Morgan fingerprint density at radius 2 is 2.29 bits per heavy atom. The fourth-order valence-corrected chi connectivity index (χ4v) is 0.999. The van der Waals surface area contributed by atoms with Crippen LogP contribution in [0.4, 0.5) is 0 Å². The van der Waals surface area contributed by atoms with Crippen LogP contribution < -0.4 is 10.1 Å². The molecule has 1 aromatic rings. The van der Waals surface area contributed by atoms with Gasteiger partial charge in [-0.05, 0) is 20.4 Å². The monoisotopic (exact) mass is 195 g/mol. The van der Waals surface area contributed by atoms with Crippen molar-refractivity contribution in [1.29, 1.82) is 0 Å². The van der Waals surface area contributed by atoms with Crippen molar-refractivity contribution in [1.82, 2.24) is 15.3 Å². The quantitative estimate of drug-likeness (QED) is 0.771. The Kier molecular flexibility index (Phi) is 4.32. The summed E-state index contributed by atoms with van der Waals surface area (Å²) < 4.78 is 5.55. The summed E-state index contributed by atoms with van der Waals surface area (Å²) in [5, 5.41) is 3.02. The van der Waals surface area contributed by atoms with Gasteiger partial charge in [-0.25, -0.2) is 4.98 Å². The molecule has 0 fully saturated rings. The molecule has 0 saturated carbocycles. The number of hydrogen-bond acceptors (Lipinski definition) is 4. The lowest BCUT2D eigenvalue weighted by atomic mass is 10.3. The lowest BCUT2D eigenvalue weighted by Crippen LogP contribution is -2.13. The molecule has 0 amide bonds. The van der Waals surface area contributed by atoms with Gasteiger partial charge in [-0.1, -0.05) is 6.92 Å². The van der Waals surface area contributed by atoms with Crippen molar-refractivity contribution in [2.75, 3.05) is 7.05 Å². The minimum Gasteiger partial charge on any atom is -0.474 e. The molecule has 0 spiro atoms. The number of hydrogen-bond donors (Lipinski definition) is 1. The molecule has 0 bridgehead atoms. The third kappa shape index (κ3) is 3.30. The Hall–Kier alpha value is -1.16. The van der Waals surface area contributed by atoms with Gasteiger partial charge in [0.25, 0.3) is 0 Å². The normalized spacial score (nSPS) is 12.5. The Morgan fingerprint density at radius 3 is 2.93 bits per heavy atom. The first-order valence-electron chi connectivity index (χ1n) is 4.88. The molecule has 0 aliphatic carbocycles. The van der Waals surface area contributed by atoms with Crippen LogP contribution in [0.3, 0.4) is 0 Å². The molecule has 1 heterocycles. The average molecular weight is 195 g/mol. The largest absolute Gasteiger partial charge is 0.474 e. The smallest absolute Gasteiger partial charge is 0.232 e. The van der Waals surface area contributed by atoms with Crippen molar-refractivity contribution in [3.63, 3.8) is 0 Å². The fourth-order valence-electron chi connectivity index (χ4n) is 0.999. The van der Waals surface area contributed by atoms with Crippen molar-refractivity contribution < 1.29 is 4.74 Å². The van der Waals surface area contributed by atoms with E-state index in [9.17, 15) is 0 Å². The van der Waals surface area contributed by atoms with Gasteiger partial charge in [-0.3, -0.25) is 4.98 Å². The van der Waals surface area contributed by atoms with E-state index in [1.807, 2.05) is 14.0 Å². The maximum Gasteiger partial charge on any atom is 0.232 e. The van der Waals surface area contributed by atoms with Crippen LogP contribution in [-0.2, 0) is 6.54 Å². The summed E-state index contributed by atoms with van der Waals surface area (Å²) in [6, 6.07) is 0. The van der Waals surface area contributed by atoms with Crippen LogP contribution in [-0.4, -0.2) is 23.1 Å². The predicted molar refractivity (Wildman–Crippen MR) is 55.2 cm³/mol. The van der Waals surface area contributed by atoms with Crippen molar-refractivity contribution in [2.45, 2.75) is 32.9 Å². The first-order chi connectivity index (χ1) is 6.76. The highest BCUT2D eigenvalue weighted by atomic mass is 16.5. The lowest BCUT2D eigenvalue weighted by molar-refractivity contribution is 0.207. The molecule has 0 saturated heterocycles. The summed E-state index contributed by atoms with van der Waals surface area (Å²) >= 11 is 0. The molecule has 0 aliphatic heterocycles. The van der Waals surface area contributed by atoms with E-state index < -0.39 is 0 Å². The maximum atomic E-state index is 5.55. The molecule has 0 aromatic carbocycles. The van der Waals surface area contributed by atoms with Crippen LogP contribution in [0, 0.1) is 0 Å². The van der Waals surface area contributed by atoms with Gasteiger partial charge in [0.2, 0.25) is 5.88 Å². The minimum atomic E-state index is 0.189. The third-order valence-electron chi connectivity index (χ3n) is 1.92. The van der Waals surface area contributed by atoms with Crippen molar-refractivity contribution >= 4 is 0 Å². The maximum absolute atomic E-state index is 5.55. The molecule has 1 atom stereocenters. The molecule has 1 rings (SSSR count). The zero-order chi connectivity index (χ0) is 10.4. The molecule has 4 heteroatoms. The van der Waals surface area contributed by atoms with E-state index in [1.165, 1.54) is 0 Å². The number of ether oxygens (including phenoxy) is 1. The Bertz CT molecular complexity index is 278. The molecule has 14 heavy (non-hydrogen) atoms. The summed E-state index contributed by atoms with van der Waals surface area (Å²) in [7, 11) is 1.88. The van der Waals surface area contributed by atoms with Gasteiger partial charge < -0.3 is 10.1 Å². The van der Waals surface area contributed by atoms with Crippen LogP contribution in [0.2, 0.25) is 0 Å². The van der Waals surface area contributed by atoms with Crippen molar-refractivity contribution in [3.05, 3.63) is 18.1 Å². The van der Waals surface area contributed by atoms with E-state index in [4.69, 9.17) is 4.74 Å². The summed E-state index contributed by atoms with van der Waals surface area (Å²) in [5.41, 5.74) is 0.897. The zero-order valence-electron chi connectivity index (χ0n) is 8.95. The molecule has 78 valence electrons. The van der Waals surface area contributed by atoms with Crippen LogP contribution in [0.25, 0.3) is 0 Å². The van der Waals surface area contributed by atoms with E-state index in [0.29, 0.717) is 12.4 Å². The zero-order valence-corrected chi connectivity index (χ0v) is 8.95. The van der Waals surface area contributed by atoms with Crippen LogP contribution in [0.1, 0.15) is 26.0 Å². The Labute approximate surface area is 84.7 Å². The predicted octanol–water partition coefficient (Wildman–Crippen LogP) is 1.37. The molecule has 1 unspecified atom stereocenters. The topological polar surface area (TPSA) is 47.0 Å². The molecular weight excluding hydrogens is 178 g/mol. The van der Waals surface area contributed by atoms with Crippen molar-refractivity contribution in [2.24, 2.45) is 0 Å². The average Bonchev–Trinajstić information content (AvgIpc) is 2.19. The summed E-state index contributed by atoms with van der Waals surface area (Å²) in [6.45, 7) is 4.81. The summed E-state index contributed by atoms with van der Waals surface area (Å²) in [6.07, 6.45) is 4.54. The van der Waals surface area contributed by atoms with E-state index in [-0.39, 0.29) is 6.10 Å². The highest BCUT2D eigenvalue weighted by Gasteiger charge is 2.03. The highest BCUT2D eigenvalue weighted by molar-refractivity contribution is 5.08. The van der Waals surface area contributed by atoms with E-state index >= 15 is 0 Å². The molecular formula is C10H17N3O. The minimum absolute atomic E-state index is 0.189. The van der Waals surface area contributed by atoms with Gasteiger partial charge in [-0.2, -0.15) is 0 Å². The number of aromatic nitrogens is 2. The number of nitrogens with one attached hydrogen (secondary N) is 1. The van der Waals surface area contributed by atoms with Gasteiger partial charge in [-0.15, -0.1) is 0 Å².